The van der Waals surface area contributed by atoms with Gasteiger partial charge in [-0.3, -0.25) is 4.79 Å². The van der Waals surface area contributed by atoms with Gasteiger partial charge in [-0.15, -0.1) is 0 Å². The van der Waals surface area contributed by atoms with Gasteiger partial charge in [0.05, 0.1) is 13.7 Å². The number of carbonyl (C=O) groups excluding carboxylic acids is 1. The summed E-state index contributed by atoms with van der Waals surface area (Å²) in [6.07, 6.45) is 3.75. The average molecular weight is 222 g/mol. The van der Waals surface area contributed by atoms with Crippen molar-refractivity contribution in [1.29, 1.82) is 0 Å². The number of aromatic nitrogens is 2. The number of amides is 1. The van der Waals surface area contributed by atoms with E-state index < -0.39 is 0 Å². The van der Waals surface area contributed by atoms with E-state index in [1.807, 2.05) is 0 Å². The van der Waals surface area contributed by atoms with Gasteiger partial charge in [0.2, 0.25) is 17.7 Å². The summed E-state index contributed by atoms with van der Waals surface area (Å²) >= 11 is 0. The SMILES string of the molecule is COc1ccnc(NCC(=O)NC2CC2)n1. The van der Waals surface area contributed by atoms with Crippen molar-refractivity contribution in [2.24, 2.45) is 0 Å². The Bertz CT molecular complexity index is 379. The third kappa shape index (κ3) is 3.08. The molecule has 0 unspecified atom stereocenters. The van der Waals surface area contributed by atoms with Gasteiger partial charge >= 0.3 is 0 Å². The van der Waals surface area contributed by atoms with E-state index in [0.717, 1.165) is 12.8 Å². The smallest absolute Gasteiger partial charge is 0.239 e. The predicted molar refractivity (Wildman–Crippen MR) is 58.2 cm³/mol. The first-order valence-electron chi connectivity index (χ1n) is 5.18. The number of rotatable bonds is 5. The molecule has 0 aliphatic heterocycles. The lowest BCUT2D eigenvalue weighted by atomic mass is 10.5. The fourth-order valence-corrected chi connectivity index (χ4v) is 1.21. The molecule has 1 aromatic rings. The minimum absolute atomic E-state index is 0.0334. The predicted octanol–water partition coefficient (Wildman–Crippen LogP) is 0.176. The molecule has 1 aliphatic carbocycles. The standard InChI is InChI=1S/C10H14N4O2/c1-16-9-4-5-11-10(14-9)12-6-8(15)13-7-2-3-7/h4-5,7H,2-3,6H2,1H3,(H,13,15)(H,11,12,14). The zero-order valence-corrected chi connectivity index (χ0v) is 9.06. The van der Waals surface area contributed by atoms with Crippen LogP contribution in [0.25, 0.3) is 0 Å². The number of anilines is 1. The van der Waals surface area contributed by atoms with E-state index >= 15 is 0 Å². The lowest BCUT2D eigenvalue weighted by molar-refractivity contribution is -0.119. The second kappa shape index (κ2) is 4.78. The molecular weight excluding hydrogens is 208 g/mol. The lowest BCUT2D eigenvalue weighted by Gasteiger charge is -2.06. The Morgan fingerprint density at radius 3 is 3.12 bits per heavy atom. The molecule has 16 heavy (non-hydrogen) atoms. The molecule has 1 fully saturated rings. The minimum atomic E-state index is -0.0334. The number of hydrogen-bond donors (Lipinski definition) is 2. The molecule has 0 atom stereocenters. The minimum Gasteiger partial charge on any atom is -0.481 e. The molecule has 0 radical (unpaired) electrons. The fourth-order valence-electron chi connectivity index (χ4n) is 1.21. The summed E-state index contributed by atoms with van der Waals surface area (Å²) in [5, 5.41) is 5.70. The van der Waals surface area contributed by atoms with E-state index in [-0.39, 0.29) is 12.5 Å². The van der Waals surface area contributed by atoms with Crippen molar-refractivity contribution < 1.29 is 9.53 Å². The summed E-state index contributed by atoms with van der Waals surface area (Å²) < 4.78 is 4.94. The van der Waals surface area contributed by atoms with Gasteiger partial charge in [-0.1, -0.05) is 0 Å². The second-order valence-electron chi connectivity index (χ2n) is 3.62. The molecule has 2 rings (SSSR count). The topological polar surface area (TPSA) is 76.1 Å². The van der Waals surface area contributed by atoms with Crippen LogP contribution in [0.5, 0.6) is 5.88 Å². The quantitative estimate of drug-likeness (QED) is 0.743. The maximum atomic E-state index is 11.4. The molecule has 6 heteroatoms. The monoisotopic (exact) mass is 222 g/mol. The van der Waals surface area contributed by atoms with Crippen LogP contribution in [0.3, 0.4) is 0 Å². The highest BCUT2D eigenvalue weighted by atomic mass is 16.5. The first-order valence-corrected chi connectivity index (χ1v) is 5.18. The zero-order chi connectivity index (χ0) is 11.4. The summed E-state index contributed by atoms with van der Waals surface area (Å²) in [6, 6.07) is 2.02. The molecule has 6 nitrogen and oxygen atoms in total. The van der Waals surface area contributed by atoms with Gasteiger partial charge in [-0.25, -0.2) is 4.98 Å². The molecule has 1 heterocycles. The third-order valence-electron chi connectivity index (χ3n) is 2.19. The molecule has 1 aromatic heterocycles. The molecule has 0 spiro atoms. The number of hydrogen-bond acceptors (Lipinski definition) is 5. The molecule has 1 saturated carbocycles. The first kappa shape index (κ1) is 10.7. The van der Waals surface area contributed by atoms with Crippen molar-refractivity contribution in [2.45, 2.75) is 18.9 Å². The third-order valence-corrected chi connectivity index (χ3v) is 2.19. The highest BCUT2D eigenvalue weighted by Gasteiger charge is 2.22. The van der Waals surface area contributed by atoms with Gasteiger partial charge in [0.25, 0.3) is 0 Å². The van der Waals surface area contributed by atoms with Gasteiger partial charge in [0.1, 0.15) is 0 Å². The average Bonchev–Trinajstić information content (AvgIpc) is 3.10. The number of methoxy groups -OCH3 is 1. The summed E-state index contributed by atoms with van der Waals surface area (Å²) in [6.45, 7) is 0.184. The summed E-state index contributed by atoms with van der Waals surface area (Å²) in [4.78, 5) is 19.4. The van der Waals surface area contributed by atoms with E-state index in [9.17, 15) is 4.79 Å². The molecule has 1 aliphatic rings. The first-order chi connectivity index (χ1) is 7.78. The van der Waals surface area contributed by atoms with E-state index in [1.165, 1.54) is 7.11 Å². The number of ether oxygens (including phenoxy) is 1. The summed E-state index contributed by atoms with van der Waals surface area (Å²) in [5.41, 5.74) is 0. The summed E-state index contributed by atoms with van der Waals surface area (Å²) in [7, 11) is 1.53. The highest BCUT2D eigenvalue weighted by molar-refractivity contribution is 5.80. The van der Waals surface area contributed by atoms with Crippen molar-refractivity contribution in [1.82, 2.24) is 15.3 Å². The Balaban J connectivity index is 1.80. The van der Waals surface area contributed by atoms with Crippen molar-refractivity contribution in [3.05, 3.63) is 12.3 Å². The molecule has 0 bridgehead atoms. The van der Waals surface area contributed by atoms with E-state index in [0.29, 0.717) is 17.9 Å². The Kier molecular flexibility index (Phi) is 3.19. The number of nitrogens with one attached hydrogen (secondary N) is 2. The number of nitrogens with zero attached hydrogens (tertiary/aromatic N) is 2. The van der Waals surface area contributed by atoms with Crippen molar-refractivity contribution in [3.8, 4) is 5.88 Å². The van der Waals surface area contributed by atoms with E-state index in [1.54, 1.807) is 12.3 Å². The normalized spacial score (nSPS) is 14.3. The van der Waals surface area contributed by atoms with Crippen LogP contribution in [0.2, 0.25) is 0 Å². The van der Waals surface area contributed by atoms with Crippen LogP contribution in [-0.4, -0.2) is 35.6 Å². The van der Waals surface area contributed by atoms with Crippen LogP contribution < -0.4 is 15.4 Å². The molecule has 1 amide bonds. The molecule has 86 valence electrons. The zero-order valence-electron chi connectivity index (χ0n) is 9.06. The highest BCUT2D eigenvalue weighted by Crippen LogP contribution is 2.18. The largest absolute Gasteiger partial charge is 0.481 e. The van der Waals surface area contributed by atoms with Crippen LogP contribution in [0.4, 0.5) is 5.95 Å². The van der Waals surface area contributed by atoms with Crippen molar-refractivity contribution in [3.63, 3.8) is 0 Å². The molecular formula is C10H14N4O2. The lowest BCUT2D eigenvalue weighted by Crippen LogP contribution is -2.31. The van der Waals surface area contributed by atoms with Crippen molar-refractivity contribution in [2.75, 3.05) is 19.0 Å². The molecule has 2 N–H and O–H groups in total. The van der Waals surface area contributed by atoms with Crippen LogP contribution >= 0.6 is 0 Å². The molecule has 0 aromatic carbocycles. The Morgan fingerprint density at radius 1 is 1.62 bits per heavy atom. The molecule has 0 saturated heterocycles. The van der Waals surface area contributed by atoms with Crippen LogP contribution in [0, 0.1) is 0 Å². The van der Waals surface area contributed by atoms with Crippen LogP contribution in [0.1, 0.15) is 12.8 Å². The van der Waals surface area contributed by atoms with Gasteiger partial charge < -0.3 is 15.4 Å². The van der Waals surface area contributed by atoms with Crippen LogP contribution in [-0.2, 0) is 4.79 Å². The van der Waals surface area contributed by atoms with Gasteiger partial charge in [-0.2, -0.15) is 4.98 Å². The van der Waals surface area contributed by atoms with Gasteiger partial charge in [0, 0.05) is 18.3 Å². The Labute approximate surface area is 93.4 Å². The Hall–Kier alpha value is -1.85. The van der Waals surface area contributed by atoms with Gasteiger partial charge in [-0.05, 0) is 12.8 Å². The second-order valence-corrected chi connectivity index (χ2v) is 3.62. The number of carbonyl (C=O) groups is 1. The van der Waals surface area contributed by atoms with E-state index in [2.05, 4.69) is 20.6 Å². The summed E-state index contributed by atoms with van der Waals surface area (Å²) in [5.74, 6) is 0.833. The van der Waals surface area contributed by atoms with Crippen molar-refractivity contribution >= 4 is 11.9 Å². The van der Waals surface area contributed by atoms with E-state index in [4.69, 9.17) is 4.74 Å². The maximum absolute atomic E-state index is 11.4. The van der Waals surface area contributed by atoms with Gasteiger partial charge in [0.15, 0.2) is 0 Å². The fraction of sp³-hybridized carbons (Fsp3) is 0.500. The van der Waals surface area contributed by atoms with Crippen LogP contribution in [0.15, 0.2) is 12.3 Å². The maximum Gasteiger partial charge on any atom is 0.239 e. The Morgan fingerprint density at radius 2 is 2.44 bits per heavy atom.